The van der Waals surface area contributed by atoms with Gasteiger partial charge in [-0.15, -0.1) is 0 Å². The smallest absolute Gasteiger partial charge is 0.264 e. The van der Waals surface area contributed by atoms with Crippen molar-refractivity contribution in [2.24, 2.45) is 0 Å². The van der Waals surface area contributed by atoms with Crippen molar-refractivity contribution < 1.29 is 17.7 Å². The van der Waals surface area contributed by atoms with Crippen molar-refractivity contribution in [3.05, 3.63) is 72.9 Å². The van der Waals surface area contributed by atoms with E-state index in [1.54, 1.807) is 36.4 Å². The molecule has 1 aliphatic heterocycles. The van der Waals surface area contributed by atoms with E-state index in [1.165, 1.54) is 10.5 Å². The number of pyridine rings is 1. The van der Waals surface area contributed by atoms with Crippen LogP contribution in [-0.2, 0) is 10.0 Å². The molecule has 30 heavy (non-hydrogen) atoms. The molecule has 3 heterocycles. The van der Waals surface area contributed by atoms with Crippen LogP contribution in [0.15, 0.2) is 82.3 Å². The van der Waals surface area contributed by atoms with Crippen LogP contribution >= 0.6 is 0 Å². The molecule has 0 atom stereocenters. The van der Waals surface area contributed by atoms with E-state index >= 15 is 0 Å². The monoisotopic (exact) mass is 420 g/mol. The highest BCUT2D eigenvalue weighted by Crippen LogP contribution is 2.36. The fourth-order valence-electron chi connectivity index (χ4n) is 3.21. The van der Waals surface area contributed by atoms with Gasteiger partial charge in [0.15, 0.2) is 0 Å². The maximum Gasteiger partial charge on any atom is 0.264 e. The summed E-state index contributed by atoms with van der Waals surface area (Å²) < 4.78 is 38.6. The predicted molar refractivity (Wildman–Crippen MR) is 109 cm³/mol. The van der Waals surface area contributed by atoms with Crippen LogP contribution in [0.1, 0.15) is 0 Å². The molecule has 0 radical (unpaired) electrons. The predicted octanol–water partition coefficient (Wildman–Crippen LogP) is 3.39. The number of aromatic nitrogens is 3. The zero-order valence-electron chi connectivity index (χ0n) is 15.7. The number of ether oxygens (including phenoxy) is 1. The van der Waals surface area contributed by atoms with Gasteiger partial charge < -0.3 is 9.26 Å². The molecule has 0 amide bonds. The number of benzene rings is 2. The lowest BCUT2D eigenvalue weighted by molar-refractivity contribution is 0.303. The van der Waals surface area contributed by atoms with E-state index in [0.29, 0.717) is 17.1 Å². The second-order valence-corrected chi connectivity index (χ2v) is 8.44. The van der Waals surface area contributed by atoms with Crippen LogP contribution in [0.2, 0.25) is 0 Å². The Balaban J connectivity index is 1.55. The van der Waals surface area contributed by atoms with Crippen molar-refractivity contribution in [3.63, 3.8) is 0 Å². The Labute approximate surface area is 172 Å². The highest BCUT2D eigenvalue weighted by atomic mass is 32.2. The minimum Gasteiger partial charge on any atom is -0.474 e. The first kappa shape index (κ1) is 18.3. The van der Waals surface area contributed by atoms with Gasteiger partial charge in [0.25, 0.3) is 15.9 Å². The highest BCUT2D eigenvalue weighted by molar-refractivity contribution is 7.92. The summed E-state index contributed by atoms with van der Waals surface area (Å²) in [5.41, 5.74) is 1.65. The third-order valence-electron chi connectivity index (χ3n) is 4.67. The third kappa shape index (κ3) is 3.18. The molecule has 2 aromatic heterocycles. The van der Waals surface area contributed by atoms with Crippen molar-refractivity contribution in [1.29, 1.82) is 0 Å². The summed E-state index contributed by atoms with van der Waals surface area (Å²) in [5, 5.41) is 4.01. The maximum atomic E-state index is 13.2. The second kappa shape index (κ2) is 7.27. The highest BCUT2D eigenvalue weighted by Gasteiger charge is 2.31. The number of rotatable bonds is 4. The van der Waals surface area contributed by atoms with Crippen LogP contribution in [0, 0.1) is 0 Å². The van der Waals surface area contributed by atoms with Gasteiger partial charge in [0.05, 0.1) is 17.0 Å². The van der Waals surface area contributed by atoms with Crippen molar-refractivity contribution in [2.75, 3.05) is 17.5 Å². The Morgan fingerprint density at radius 1 is 0.933 bits per heavy atom. The lowest BCUT2D eigenvalue weighted by Gasteiger charge is -2.29. The van der Waals surface area contributed by atoms with E-state index in [2.05, 4.69) is 15.1 Å². The Morgan fingerprint density at radius 2 is 1.67 bits per heavy atom. The number of anilines is 1. The summed E-state index contributed by atoms with van der Waals surface area (Å²) in [5.74, 6) is 0.924. The van der Waals surface area contributed by atoms with E-state index in [1.807, 2.05) is 30.3 Å². The molecular formula is C21H16N4O4S. The van der Waals surface area contributed by atoms with Gasteiger partial charge in [0.2, 0.25) is 11.7 Å². The molecule has 8 nitrogen and oxygen atoms in total. The van der Waals surface area contributed by atoms with E-state index in [4.69, 9.17) is 9.26 Å². The summed E-state index contributed by atoms with van der Waals surface area (Å²) >= 11 is 0. The standard InChI is InChI=1S/C21H16N4O4S/c26-30(27,17-9-5-2-6-10-17)25-11-12-28-21-18(25)13-16(14-22-21)20-23-19(24-29-20)15-7-3-1-4-8-15/h1-10,13-14H,11-12H2. The molecule has 150 valence electrons. The van der Waals surface area contributed by atoms with E-state index in [-0.39, 0.29) is 29.8 Å². The fourth-order valence-corrected chi connectivity index (χ4v) is 4.67. The SMILES string of the molecule is O=S(=O)(c1ccccc1)N1CCOc2ncc(-c3nc(-c4ccccc4)no3)cc21. The van der Waals surface area contributed by atoms with Gasteiger partial charge in [-0.05, 0) is 18.2 Å². The number of hydrogen-bond donors (Lipinski definition) is 0. The normalized spacial score (nSPS) is 13.5. The van der Waals surface area contributed by atoms with Crippen LogP contribution in [0.3, 0.4) is 0 Å². The zero-order chi connectivity index (χ0) is 20.6. The zero-order valence-corrected chi connectivity index (χ0v) is 16.5. The van der Waals surface area contributed by atoms with Crippen molar-refractivity contribution in [1.82, 2.24) is 15.1 Å². The van der Waals surface area contributed by atoms with Crippen LogP contribution in [0.4, 0.5) is 5.69 Å². The molecule has 0 saturated carbocycles. The lowest BCUT2D eigenvalue weighted by atomic mass is 10.2. The minimum atomic E-state index is -3.77. The Kier molecular flexibility index (Phi) is 4.44. The third-order valence-corrected chi connectivity index (χ3v) is 6.50. The van der Waals surface area contributed by atoms with E-state index in [9.17, 15) is 8.42 Å². The molecule has 0 N–H and O–H groups in total. The Morgan fingerprint density at radius 3 is 2.43 bits per heavy atom. The first-order chi connectivity index (χ1) is 14.6. The first-order valence-electron chi connectivity index (χ1n) is 9.23. The number of fused-ring (bicyclic) bond motifs is 1. The molecule has 1 aliphatic rings. The number of nitrogens with zero attached hydrogens (tertiary/aromatic N) is 4. The fraction of sp³-hybridized carbons (Fsp3) is 0.0952. The van der Waals surface area contributed by atoms with Gasteiger partial charge >= 0.3 is 0 Å². The molecule has 0 fully saturated rings. The van der Waals surface area contributed by atoms with Crippen LogP contribution in [0.5, 0.6) is 5.88 Å². The molecule has 4 aromatic rings. The summed E-state index contributed by atoms with van der Waals surface area (Å²) in [7, 11) is -3.77. The van der Waals surface area contributed by atoms with Gasteiger partial charge in [-0.3, -0.25) is 4.31 Å². The summed E-state index contributed by atoms with van der Waals surface area (Å²) in [4.78, 5) is 8.90. The Bertz CT molecular complexity index is 1290. The lowest BCUT2D eigenvalue weighted by Crippen LogP contribution is -2.38. The second-order valence-electron chi connectivity index (χ2n) is 6.58. The van der Waals surface area contributed by atoms with Gasteiger partial charge in [0.1, 0.15) is 12.3 Å². The van der Waals surface area contributed by atoms with E-state index in [0.717, 1.165) is 5.56 Å². The quantitative estimate of drug-likeness (QED) is 0.499. The van der Waals surface area contributed by atoms with Gasteiger partial charge in [-0.1, -0.05) is 53.7 Å². The average Bonchev–Trinajstić information content (AvgIpc) is 3.30. The summed E-state index contributed by atoms with van der Waals surface area (Å²) in [6, 6.07) is 19.3. The van der Waals surface area contributed by atoms with Crippen molar-refractivity contribution in [2.45, 2.75) is 4.90 Å². The van der Waals surface area contributed by atoms with Crippen molar-refractivity contribution in [3.8, 4) is 28.7 Å². The van der Waals surface area contributed by atoms with Crippen LogP contribution in [-0.4, -0.2) is 36.7 Å². The largest absolute Gasteiger partial charge is 0.474 e. The molecule has 9 heteroatoms. The topological polar surface area (TPSA) is 98.4 Å². The average molecular weight is 420 g/mol. The van der Waals surface area contributed by atoms with Crippen LogP contribution < -0.4 is 9.04 Å². The Hall–Kier alpha value is -3.72. The first-order valence-corrected chi connectivity index (χ1v) is 10.7. The molecule has 0 unspecified atom stereocenters. The molecule has 0 bridgehead atoms. The molecule has 0 spiro atoms. The number of hydrogen-bond acceptors (Lipinski definition) is 7. The summed E-state index contributed by atoms with van der Waals surface area (Å²) in [6.07, 6.45) is 1.53. The van der Waals surface area contributed by atoms with Gasteiger partial charge in [-0.2, -0.15) is 4.98 Å². The molecule has 0 saturated heterocycles. The maximum absolute atomic E-state index is 13.2. The van der Waals surface area contributed by atoms with Crippen LogP contribution in [0.25, 0.3) is 22.8 Å². The van der Waals surface area contributed by atoms with Gasteiger partial charge in [-0.25, -0.2) is 13.4 Å². The van der Waals surface area contributed by atoms with Gasteiger partial charge in [0, 0.05) is 11.8 Å². The summed E-state index contributed by atoms with van der Waals surface area (Å²) in [6.45, 7) is 0.387. The van der Waals surface area contributed by atoms with E-state index < -0.39 is 10.0 Å². The molecule has 5 rings (SSSR count). The molecule has 2 aromatic carbocycles. The number of sulfonamides is 1. The van der Waals surface area contributed by atoms with Crippen molar-refractivity contribution >= 4 is 15.7 Å². The molecule has 0 aliphatic carbocycles. The molecular weight excluding hydrogens is 404 g/mol. The minimum absolute atomic E-state index is 0.175.